The summed E-state index contributed by atoms with van der Waals surface area (Å²) in [5, 5.41) is 1.23. The summed E-state index contributed by atoms with van der Waals surface area (Å²) in [4.78, 5) is 20.0. The van der Waals surface area contributed by atoms with E-state index in [9.17, 15) is 4.79 Å². The van der Waals surface area contributed by atoms with Gasteiger partial charge in [-0.2, -0.15) is 4.98 Å². The minimum Gasteiger partial charge on any atom is -0.493 e. The number of rotatable bonds is 6. The number of hydrogen-bond donors (Lipinski definition) is 1. The van der Waals surface area contributed by atoms with E-state index in [0.717, 1.165) is 0 Å². The van der Waals surface area contributed by atoms with Crippen LogP contribution in [-0.4, -0.2) is 35.3 Å². The highest BCUT2D eigenvalue weighted by Crippen LogP contribution is 2.28. The number of anilines is 1. The van der Waals surface area contributed by atoms with Gasteiger partial charge in [0, 0.05) is 6.07 Å². The molecule has 0 saturated heterocycles. The monoisotopic (exact) mass is 303 g/mol. The number of ether oxygens (including phenoxy) is 2. The van der Waals surface area contributed by atoms with Gasteiger partial charge in [0.25, 0.3) is 0 Å². The number of methoxy groups -OCH3 is 2. The average molecular weight is 303 g/mol. The summed E-state index contributed by atoms with van der Waals surface area (Å²) in [5.74, 6) is 6.89. The molecule has 0 amide bonds. The number of hydrazine groups is 1. The quantitative estimate of drug-likeness (QED) is 0.472. The molecule has 8 heteroatoms. The molecule has 0 fully saturated rings. The van der Waals surface area contributed by atoms with Gasteiger partial charge in [0.1, 0.15) is 6.33 Å². The molecule has 0 aliphatic carbocycles. The van der Waals surface area contributed by atoms with Crippen LogP contribution in [-0.2, 0) is 0 Å². The predicted octanol–water partition coefficient (Wildman–Crippen LogP) is 0.511. The zero-order valence-corrected chi connectivity index (χ0v) is 12.4. The third-order valence-corrected chi connectivity index (χ3v) is 2.92. The van der Waals surface area contributed by atoms with E-state index in [1.54, 1.807) is 24.3 Å². The molecule has 2 aromatic rings. The fraction of sp³-hybridized carbons (Fsp3) is 0.214. The summed E-state index contributed by atoms with van der Waals surface area (Å²) in [7, 11) is 3.06. The first-order chi connectivity index (χ1) is 10.6. The van der Waals surface area contributed by atoms with Crippen LogP contribution in [0, 0.1) is 0 Å². The molecule has 0 bridgehead atoms. The van der Waals surface area contributed by atoms with Crippen molar-refractivity contribution in [3.8, 4) is 17.2 Å². The molecule has 22 heavy (non-hydrogen) atoms. The summed E-state index contributed by atoms with van der Waals surface area (Å²) in [6.07, 6.45) is 2.94. The highest BCUT2D eigenvalue weighted by Gasteiger charge is 2.10. The second kappa shape index (κ2) is 6.72. The molecular weight excluding hydrogens is 286 g/mol. The number of aromatic nitrogens is 3. The Morgan fingerprint density at radius 2 is 2.09 bits per heavy atom. The number of nitrogens with zero attached hydrogens (tertiary/aromatic N) is 4. The zero-order valence-electron chi connectivity index (χ0n) is 12.4. The SMILES string of the molecule is C=CCN(N)c1ncn(-c2ccc(OC)c(OC)c2)c(=O)n1. The Labute approximate surface area is 127 Å². The number of hydrogen-bond acceptors (Lipinski definition) is 7. The highest BCUT2D eigenvalue weighted by molar-refractivity contribution is 5.48. The Kier molecular flexibility index (Phi) is 4.74. The van der Waals surface area contributed by atoms with Crippen molar-refractivity contribution in [3.63, 3.8) is 0 Å². The summed E-state index contributed by atoms with van der Waals surface area (Å²) in [5.41, 5.74) is 0.0539. The molecule has 0 aliphatic heterocycles. The molecule has 0 atom stereocenters. The van der Waals surface area contributed by atoms with Gasteiger partial charge in [0.15, 0.2) is 11.5 Å². The van der Waals surface area contributed by atoms with Crippen molar-refractivity contribution in [2.45, 2.75) is 0 Å². The smallest absolute Gasteiger partial charge is 0.356 e. The maximum absolute atomic E-state index is 12.1. The minimum atomic E-state index is -0.503. The van der Waals surface area contributed by atoms with E-state index in [1.165, 1.54) is 30.1 Å². The van der Waals surface area contributed by atoms with E-state index in [1.807, 2.05) is 0 Å². The molecule has 2 N–H and O–H groups in total. The Hall–Kier alpha value is -2.87. The van der Waals surface area contributed by atoms with Crippen LogP contribution in [0.5, 0.6) is 11.5 Å². The van der Waals surface area contributed by atoms with Gasteiger partial charge in [-0.05, 0) is 12.1 Å². The van der Waals surface area contributed by atoms with Gasteiger partial charge >= 0.3 is 5.69 Å². The first kappa shape index (κ1) is 15.5. The van der Waals surface area contributed by atoms with Crippen LogP contribution in [0.15, 0.2) is 42.0 Å². The maximum Gasteiger partial charge on any atom is 0.356 e. The molecule has 0 spiro atoms. The van der Waals surface area contributed by atoms with Gasteiger partial charge in [-0.1, -0.05) is 6.08 Å². The molecule has 1 aromatic carbocycles. The number of benzene rings is 1. The molecule has 116 valence electrons. The Balaban J connectivity index is 2.41. The fourth-order valence-electron chi connectivity index (χ4n) is 1.84. The van der Waals surface area contributed by atoms with Crippen molar-refractivity contribution < 1.29 is 9.47 Å². The van der Waals surface area contributed by atoms with Gasteiger partial charge in [-0.25, -0.2) is 15.6 Å². The van der Waals surface area contributed by atoms with E-state index in [2.05, 4.69) is 16.5 Å². The summed E-state index contributed by atoms with van der Waals surface area (Å²) in [6.45, 7) is 3.90. The van der Waals surface area contributed by atoms with E-state index < -0.39 is 5.69 Å². The van der Waals surface area contributed by atoms with Crippen molar-refractivity contribution in [3.05, 3.63) is 47.7 Å². The van der Waals surface area contributed by atoms with Crippen molar-refractivity contribution in [1.29, 1.82) is 0 Å². The van der Waals surface area contributed by atoms with Crippen LogP contribution in [0.25, 0.3) is 5.69 Å². The third kappa shape index (κ3) is 3.07. The largest absolute Gasteiger partial charge is 0.493 e. The van der Waals surface area contributed by atoms with Crippen LogP contribution < -0.4 is 26.0 Å². The normalized spacial score (nSPS) is 10.1. The van der Waals surface area contributed by atoms with Gasteiger partial charge in [0.05, 0.1) is 26.5 Å². The molecule has 0 aliphatic rings. The first-order valence-corrected chi connectivity index (χ1v) is 6.42. The topological polar surface area (TPSA) is 95.5 Å². The van der Waals surface area contributed by atoms with Crippen molar-refractivity contribution in [1.82, 2.24) is 14.5 Å². The lowest BCUT2D eigenvalue weighted by Gasteiger charge is -2.14. The molecule has 1 aromatic heterocycles. The average Bonchev–Trinajstić information content (AvgIpc) is 2.54. The lowest BCUT2D eigenvalue weighted by atomic mass is 10.2. The van der Waals surface area contributed by atoms with E-state index in [4.69, 9.17) is 15.3 Å². The fourth-order valence-corrected chi connectivity index (χ4v) is 1.84. The first-order valence-electron chi connectivity index (χ1n) is 6.42. The third-order valence-electron chi connectivity index (χ3n) is 2.92. The summed E-state index contributed by atoms with van der Waals surface area (Å²) in [6, 6.07) is 5.06. The molecule has 1 heterocycles. The summed E-state index contributed by atoms with van der Waals surface area (Å²) >= 11 is 0. The molecule has 2 rings (SSSR count). The van der Waals surface area contributed by atoms with Gasteiger partial charge < -0.3 is 9.47 Å². The van der Waals surface area contributed by atoms with Crippen molar-refractivity contribution >= 4 is 5.95 Å². The van der Waals surface area contributed by atoms with E-state index in [-0.39, 0.29) is 5.95 Å². The van der Waals surface area contributed by atoms with Crippen LogP contribution in [0.4, 0.5) is 5.95 Å². The van der Waals surface area contributed by atoms with Gasteiger partial charge in [-0.15, -0.1) is 6.58 Å². The van der Waals surface area contributed by atoms with E-state index >= 15 is 0 Å². The van der Waals surface area contributed by atoms with Crippen LogP contribution in [0.2, 0.25) is 0 Å². The summed E-state index contributed by atoms with van der Waals surface area (Å²) < 4.78 is 11.7. The van der Waals surface area contributed by atoms with Gasteiger partial charge in [-0.3, -0.25) is 9.58 Å². The standard InChI is InChI=1S/C14H17N5O3/c1-4-7-19(15)13-16-9-18(14(20)17-13)10-5-6-11(21-2)12(8-10)22-3/h4-6,8-9H,1,7,15H2,2-3H3. The maximum atomic E-state index is 12.1. The lowest BCUT2D eigenvalue weighted by Crippen LogP contribution is -2.35. The highest BCUT2D eigenvalue weighted by atomic mass is 16.5. The molecule has 8 nitrogen and oxygen atoms in total. The number of nitrogens with two attached hydrogens (primary N) is 1. The molecule has 0 unspecified atom stereocenters. The van der Waals surface area contributed by atoms with Crippen LogP contribution in [0.1, 0.15) is 0 Å². The van der Waals surface area contributed by atoms with Gasteiger partial charge in [0.2, 0.25) is 5.95 Å². The van der Waals surface area contributed by atoms with Crippen LogP contribution in [0.3, 0.4) is 0 Å². The molecule has 0 radical (unpaired) electrons. The second-order valence-electron chi connectivity index (χ2n) is 4.29. The Morgan fingerprint density at radius 1 is 1.36 bits per heavy atom. The minimum absolute atomic E-state index is 0.127. The van der Waals surface area contributed by atoms with Crippen LogP contribution >= 0.6 is 0 Å². The second-order valence-corrected chi connectivity index (χ2v) is 4.29. The molecule has 0 saturated carbocycles. The Bertz CT molecular complexity index is 729. The molecular formula is C14H17N5O3. The van der Waals surface area contributed by atoms with E-state index in [0.29, 0.717) is 23.7 Å². The van der Waals surface area contributed by atoms with Crippen molar-refractivity contribution in [2.75, 3.05) is 25.8 Å². The zero-order chi connectivity index (χ0) is 16.1. The lowest BCUT2D eigenvalue weighted by molar-refractivity contribution is 0.355. The van der Waals surface area contributed by atoms with Crippen molar-refractivity contribution in [2.24, 2.45) is 5.84 Å². The Morgan fingerprint density at radius 3 is 2.68 bits per heavy atom. The predicted molar refractivity (Wildman–Crippen MR) is 82.5 cm³/mol.